The number of piperidine rings is 1. The van der Waals surface area contributed by atoms with E-state index in [1.807, 2.05) is 31.2 Å². The third-order valence-corrected chi connectivity index (χ3v) is 9.27. The number of nitrogens with zero attached hydrogens (tertiary/aromatic N) is 4. The highest BCUT2D eigenvalue weighted by Crippen LogP contribution is 2.62. The molecule has 5 heterocycles. The third kappa shape index (κ3) is 4.17. The van der Waals surface area contributed by atoms with Crippen molar-refractivity contribution >= 4 is 28.6 Å². The summed E-state index contributed by atoms with van der Waals surface area (Å²) in [6, 6.07) is 15.0. The number of fused-ring (bicyclic) bond motifs is 3. The van der Waals surface area contributed by atoms with Crippen LogP contribution in [0.5, 0.6) is 11.5 Å². The molecule has 1 aliphatic carbocycles. The van der Waals surface area contributed by atoms with Crippen LogP contribution in [-0.2, 0) is 23.6 Å². The Bertz CT molecular complexity index is 1670. The Morgan fingerprint density at radius 3 is 2.68 bits per heavy atom. The minimum absolute atomic E-state index is 0.146. The summed E-state index contributed by atoms with van der Waals surface area (Å²) < 4.78 is 20.6. The van der Waals surface area contributed by atoms with Gasteiger partial charge in [0.15, 0.2) is 11.5 Å². The minimum atomic E-state index is -0.997. The number of imidazole rings is 1. The van der Waals surface area contributed by atoms with Crippen LogP contribution in [0.2, 0.25) is 5.02 Å². The van der Waals surface area contributed by atoms with Gasteiger partial charge in [-0.05, 0) is 60.6 Å². The van der Waals surface area contributed by atoms with Gasteiger partial charge in [-0.3, -0.25) is 9.88 Å². The van der Waals surface area contributed by atoms with E-state index in [2.05, 4.69) is 20.5 Å². The summed E-state index contributed by atoms with van der Waals surface area (Å²) in [6.07, 6.45) is 2.76. The van der Waals surface area contributed by atoms with Crippen LogP contribution in [0.4, 0.5) is 0 Å². The van der Waals surface area contributed by atoms with Crippen molar-refractivity contribution in [1.82, 2.24) is 19.4 Å². The number of carbonyl (C=O) groups is 1. The number of carboxylic acids is 1. The predicted molar refractivity (Wildman–Crippen MR) is 150 cm³/mol. The number of halogens is 1. The van der Waals surface area contributed by atoms with E-state index in [1.54, 1.807) is 24.4 Å². The molecule has 0 amide bonds. The molecule has 8 rings (SSSR count). The number of benzene rings is 2. The molecule has 3 fully saturated rings. The number of pyridine rings is 1. The number of carboxylic acid groups (broad SMARTS) is 1. The summed E-state index contributed by atoms with van der Waals surface area (Å²) in [7, 11) is 0. The van der Waals surface area contributed by atoms with Crippen LogP contribution < -0.4 is 9.47 Å². The van der Waals surface area contributed by atoms with Crippen molar-refractivity contribution < 1.29 is 24.1 Å². The largest absolute Gasteiger partial charge is 0.478 e. The van der Waals surface area contributed by atoms with Gasteiger partial charge in [0.1, 0.15) is 11.5 Å². The first kappa shape index (κ1) is 25.1. The average Bonchev–Trinajstić information content (AvgIpc) is 3.23. The fourth-order valence-electron chi connectivity index (χ4n) is 6.83. The van der Waals surface area contributed by atoms with E-state index in [9.17, 15) is 9.90 Å². The molecule has 3 unspecified atom stereocenters. The lowest BCUT2D eigenvalue weighted by Crippen LogP contribution is -2.33. The Morgan fingerprint density at radius 1 is 1.15 bits per heavy atom. The Balaban J connectivity index is 1.00. The molecule has 2 aromatic heterocycles. The first-order chi connectivity index (χ1) is 19.9. The van der Waals surface area contributed by atoms with E-state index in [0.717, 1.165) is 61.0 Å². The van der Waals surface area contributed by atoms with Crippen molar-refractivity contribution in [2.75, 3.05) is 19.7 Å². The Morgan fingerprint density at radius 2 is 1.98 bits per heavy atom. The summed E-state index contributed by atoms with van der Waals surface area (Å²) >= 11 is 6.04. The van der Waals surface area contributed by atoms with E-state index < -0.39 is 11.8 Å². The van der Waals surface area contributed by atoms with Gasteiger partial charge < -0.3 is 23.9 Å². The summed E-state index contributed by atoms with van der Waals surface area (Å²) in [5.74, 6) is 2.09. The molecule has 4 aliphatic rings. The molecular formula is C31H29ClN4O5. The minimum Gasteiger partial charge on any atom is -0.478 e. The number of rotatable bonds is 7. The van der Waals surface area contributed by atoms with Gasteiger partial charge >= 0.3 is 5.97 Å². The number of aromatic carboxylic acids is 1. The second-order valence-corrected chi connectivity index (χ2v) is 12.1. The molecule has 10 heteroatoms. The predicted octanol–water partition coefficient (Wildman–Crippen LogP) is 5.06. The maximum absolute atomic E-state index is 11.6. The zero-order valence-corrected chi connectivity index (χ0v) is 23.3. The van der Waals surface area contributed by atoms with Crippen LogP contribution in [-0.4, -0.2) is 56.3 Å². The number of ether oxygens (including phenoxy) is 3. The summed E-state index contributed by atoms with van der Waals surface area (Å²) in [4.78, 5) is 23.5. The van der Waals surface area contributed by atoms with Crippen molar-refractivity contribution in [3.05, 3.63) is 82.4 Å². The molecule has 210 valence electrons. The lowest BCUT2D eigenvalue weighted by molar-refractivity contribution is -0.0721. The van der Waals surface area contributed by atoms with E-state index in [-0.39, 0.29) is 11.7 Å². The van der Waals surface area contributed by atoms with Crippen molar-refractivity contribution in [2.45, 2.75) is 44.2 Å². The average molecular weight is 573 g/mol. The molecule has 9 nitrogen and oxygen atoms in total. The first-order valence-electron chi connectivity index (χ1n) is 14.1. The highest BCUT2D eigenvalue weighted by Gasteiger charge is 2.58. The number of hydrogen-bond donors (Lipinski definition) is 1. The van der Waals surface area contributed by atoms with Crippen LogP contribution in [0, 0.1) is 11.8 Å². The van der Waals surface area contributed by atoms with Crippen LogP contribution in [0.15, 0.2) is 54.7 Å². The first-order valence-corrected chi connectivity index (χ1v) is 14.4. The van der Waals surface area contributed by atoms with Gasteiger partial charge in [0.2, 0.25) is 0 Å². The molecule has 0 spiro atoms. The monoisotopic (exact) mass is 572 g/mol. The normalized spacial score (nSPS) is 28.0. The van der Waals surface area contributed by atoms with Crippen molar-refractivity contribution in [3.8, 4) is 11.5 Å². The number of para-hydroxylation sites is 1. The fraction of sp³-hybridized carbons (Fsp3) is 0.387. The number of likely N-dealkylation sites (tertiary alicyclic amines) is 1. The Hall–Kier alpha value is -3.66. The van der Waals surface area contributed by atoms with Gasteiger partial charge in [0, 0.05) is 38.4 Å². The van der Waals surface area contributed by atoms with Crippen LogP contribution in [0.1, 0.15) is 46.7 Å². The summed E-state index contributed by atoms with van der Waals surface area (Å²) in [6.45, 7) is 6.02. The molecule has 41 heavy (non-hydrogen) atoms. The molecule has 1 saturated carbocycles. The maximum atomic E-state index is 11.6. The quantitative estimate of drug-likeness (QED) is 0.328. The second-order valence-electron chi connectivity index (χ2n) is 11.7. The van der Waals surface area contributed by atoms with E-state index in [0.29, 0.717) is 35.0 Å². The van der Waals surface area contributed by atoms with E-state index in [4.69, 9.17) is 30.8 Å². The molecule has 1 N–H and O–H groups in total. The van der Waals surface area contributed by atoms with Crippen LogP contribution in [0.3, 0.4) is 0 Å². The van der Waals surface area contributed by atoms with Gasteiger partial charge in [-0.2, -0.15) is 0 Å². The number of hydrogen-bond acceptors (Lipinski definition) is 7. The smallest absolute Gasteiger partial charge is 0.335 e. The molecule has 3 aliphatic heterocycles. The van der Waals surface area contributed by atoms with Crippen molar-refractivity contribution in [2.24, 2.45) is 11.8 Å². The van der Waals surface area contributed by atoms with Gasteiger partial charge in [0.25, 0.3) is 5.79 Å². The second kappa shape index (κ2) is 9.17. The van der Waals surface area contributed by atoms with Gasteiger partial charge in [-0.15, -0.1) is 0 Å². The topological polar surface area (TPSA) is 98.9 Å². The lowest BCUT2D eigenvalue weighted by Gasteiger charge is -2.28. The fourth-order valence-corrected chi connectivity index (χ4v) is 6.94. The zero-order chi connectivity index (χ0) is 27.9. The molecule has 2 aromatic carbocycles. The Kier molecular flexibility index (Phi) is 5.61. The molecular weight excluding hydrogens is 544 g/mol. The van der Waals surface area contributed by atoms with Gasteiger partial charge in [0.05, 0.1) is 40.8 Å². The van der Waals surface area contributed by atoms with Gasteiger partial charge in [-0.1, -0.05) is 23.7 Å². The van der Waals surface area contributed by atoms with Gasteiger partial charge in [-0.25, -0.2) is 9.78 Å². The lowest BCUT2D eigenvalue weighted by atomic mass is 10.0. The molecule has 2 saturated heterocycles. The van der Waals surface area contributed by atoms with E-state index in [1.165, 1.54) is 5.56 Å². The number of aromatic nitrogens is 3. The molecule has 5 atom stereocenters. The third-order valence-electron chi connectivity index (χ3n) is 9.05. The summed E-state index contributed by atoms with van der Waals surface area (Å²) in [5.41, 5.74) is 3.83. The SMILES string of the molecule is CC1(c2ccc(Cl)cn2)Oc2cccc(C3[C@H]4CN(Cc5nc6ccc(C(=O)O)cc6n5CC5CCO5)C[C@@H]34)c2O1. The molecule has 0 radical (unpaired) electrons. The van der Waals surface area contributed by atoms with Crippen LogP contribution in [0.25, 0.3) is 11.0 Å². The van der Waals surface area contributed by atoms with Crippen LogP contribution >= 0.6 is 11.6 Å². The van der Waals surface area contributed by atoms with Crippen molar-refractivity contribution in [1.29, 1.82) is 0 Å². The Labute approximate surface area is 241 Å². The van der Waals surface area contributed by atoms with E-state index >= 15 is 0 Å². The molecule has 0 bridgehead atoms. The highest BCUT2D eigenvalue weighted by atomic mass is 35.5. The standard InChI is InChI=1S/C31H29ClN4O5/c1-31(26-8-6-18(32)12-33-26)40-25-4-2-3-20(29(25)41-31)28-21-14-35(15-22(21)28)16-27-34-23-7-5-17(30(37)38)11-24(23)36(27)13-19-9-10-39-19/h2-8,11-12,19,21-22,28H,9-10,13-16H2,1H3,(H,37,38)/t19?,21-,22+,28?,31?. The maximum Gasteiger partial charge on any atom is 0.335 e. The highest BCUT2D eigenvalue weighted by molar-refractivity contribution is 6.30. The summed E-state index contributed by atoms with van der Waals surface area (Å²) in [5, 5.41) is 10.1. The molecule has 4 aromatic rings. The zero-order valence-electron chi connectivity index (χ0n) is 22.5. The van der Waals surface area contributed by atoms with Crippen molar-refractivity contribution in [3.63, 3.8) is 0 Å².